The van der Waals surface area contributed by atoms with Gasteiger partial charge in [0.2, 0.25) is 11.8 Å². The first kappa shape index (κ1) is 21.7. The summed E-state index contributed by atoms with van der Waals surface area (Å²) in [5.41, 5.74) is 3.92. The van der Waals surface area contributed by atoms with E-state index >= 15 is 0 Å². The maximum Gasteiger partial charge on any atom is 0.242 e. The van der Waals surface area contributed by atoms with Crippen molar-refractivity contribution >= 4 is 11.8 Å². The molecule has 28 heavy (non-hydrogen) atoms. The molecule has 0 unspecified atom stereocenters. The Morgan fingerprint density at radius 3 is 2.18 bits per heavy atom. The molecule has 0 saturated heterocycles. The molecule has 0 radical (unpaired) electrons. The molecule has 1 N–H and O–H groups in total. The smallest absolute Gasteiger partial charge is 0.242 e. The normalized spacial score (nSPS) is 12.4. The molecule has 0 aliphatic rings. The van der Waals surface area contributed by atoms with Gasteiger partial charge in [0.15, 0.2) is 0 Å². The van der Waals surface area contributed by atoms with Gasteiger partial charge in [0.1, 0.15) is 6.04 Å². The molecule has 0 aliphatic heterocycles. The topological polar surface area (TPSA) is 49.4 Å². The summed E-state index contributed by atoms with van der Waals surface area (Å²) in [7, 11) is 0. The van der Waals surface area contributed by atoms with E-state index in [9.17, 15) is 9.59 Å². The second-order valence-corrected chi connectivity index (χ2v) is 8.53. The Kier molecular flexibility index (Phi) is 7.00. The van der Waals surface area contributed by atoms with Crippen LogP contribution in [0.15, 0.2) is 48.5 Å². The third-order valence-electron chi connectivity index (χ3n) is 4.74. The molecule has 2 aromatic rings. The van der Waals surface area contributed by atoms with E-state index in [1.54, 1.807) is 11.8 Å². The minimum atomic E-state index is -0.559. The summed E-state index contributed by atoms with van der Waals surface area (Å²) < 4.78 is 0. The molecular formula is C24H32N2O2. The quantitative estimate of drug-likeness (QED) is 0.817. The maximum atomic E-state index is 13.2. The number of nitrogens with one attached hydrogen (secondary N) is 1. The van der Waals surface area contributed by atoms with Crippen LogP contribution in [-0.2, 0) is 22.6 Å². The van der Waals surface area contributed by atoms with Crippen LogP contribution < -0.4 is 5.32 Å². The average molecular weight is 381 g/mol. The fourth-order valence-electron chi connectivity index (χ4n) is 3.01. The SMILES string of the molecule is Cc1ccc(CC(=O)N(Cc2ccccc2C)[C@@H](C)C(=O)NC(C)(C)C)cc1. The van der Waals surface area contributed by atoms with Gasteiger partial charge < -0.3 is 10.2 Å². The molecule has 2 aromatic carbocycles. The van der Waals surface area contributed by atoms with Crippen LogP contribution in [0.4, 0.5) is 0 Å². The van der Waals surface area contributed by atoms with Gasteiger partial charge in [-0.15, -0.1) is 0 Å². The highest BCUT2D eigenvalue weighted by Gasteiger charge is 2.28. The second-order valence-electron chi connectivity index (χ2n) is 8.53. The average Bonchev–Trinajstić information content (AvgIpc) is 2.61. The van der Waals surface area contributed by atoms with Gasteiger partial charge in [0, 0.05) is 12.1 Å². The molecule has 0 aromatic heterocycles. The van der Waals surface area contributed by atoms with E-state index < -0.39 is 6.04 Å². The van der Waals surface area contributed by atoms with Crippen LogP contribution >= 0.6 is 0 Å². The summed E-state index contributed by atoms with van der Waals surface area (Å²) in [6.07, 6.45) is 0.277. The van der Waals surface area contributed by atoms with Gasteiger partial charge in [-0.25, -0.2) is 0 Å². The summed E-state index contributed by atoms with van der Waals surface area (Å²) in [6, 6.07) is 15.4. The van der Waals surface area contributed by atoms with E-state index in [0.717, 1.165) is 22.3 Å². The van der Waals surface area contributed by atoms with Crippen molar-refractivity contribution in [3.8, 4) is 0 Å². The summed E-state index contributed by atoms with van der Waals surface area (Å²) >= 11 is 0. The van der Waals surface area contributed by atoms with Gasteiger partial charge in [-0.2, -0.15) is 0 Å². The number of carbonyl (C=O) groups excluding carboxylic acids is 2. The highest BCUT2D eigenvalue weighted by molar-refractivity contribution is 5.88. The van der Waals surface area contributed by atoms with Crippen molar-refractivity contribution in [3.63, 3.8) is 0 Å². The second kappa shape index (κ2) is 9.05. The number of aryl methyl sites for hydroxylation is 2. The molecule has 0 saturated carbocycles. The van der Waals surface area contributed by atoms with Crippen LogP contribution in [0.5, 0.6) is 0 Å². The Bertz CT molecular complexity index is 819. The zero-order valence-electron chi connectivity index (χ0n) is 17.9. The summed E-state index contributed by atoms with van der Waals surface area (Å²) in [6.45, 7) is 12.1. The van der Waals surface area contributed by atoms with Crippen LogP contribution in [0.3, 0.4) is 0 Å². The molecule has 2 rings (SSSR count). The molecule has 0 bridgehead atoms. The van der Waals surface area contributed by atoms with E-state index in [-0.39, 0.29) is 23.8 Å². The molecular weight excluding hydrogens is 348 g/mol. The Labute approximate surface area is 169 Å². The molecule has 0 aliphatic carbocycles. The lowest BCUT2D eigenvalue weighted by molar-refractivity contribution is -0.140. The van der Waals surface area contributed by atoms with Gasteiger partial charge in [-0.05, 0) is 58.2 Å². The third kappa shape index (κ3) is 6.22. The van der Waals surface area contributed by atoms with E-state index in [1.807, 2.05) is 83.1 Å². The van der Waals surface area contributed by atoms with Crippen LogP contribution in [0.1, 0.15) is 49.9 Å². The molecule has 0 heterocycles. The number of hydrogen-bond acceptors (Lipinski definition) is 2. The van der Waals surface area contributed by atoms with Gasteiger partial charge >= 0.3 is 0 Å². The standard InChI is InChI=1S/C24H32N2O2/c1-17-11-13-20(14-12-17)15-22(27)26(16-21-10-8-7-9-18(21)2)19(3)23(28)25-24(4,5)6/h7-14,19H,15-16H2,1-6H3,(H,25,28)/t19-/m0/s1. The first-order chi connectivity index (χ1) is 13.1. The summed E-state index contributed by atoms with van der Waals surface area (Å²) in [4.78, 5) is 27.6. The lowest BCUT2D eigenvalue weighted by Gasteiger charge is -2.32. The van der Waals surface area contributed by atoms with Crippen molar-refractivity contribution in [2.24, 2.45) is 0 Å². The largest absolute Gasteiger partial charge is 0.350 e. The Hall–Kier alpha value is -2.62. The van der Waals surface area contributed by atoms with Gasteiger partial charge in [-0.3, -0.25) is 9.59 Å². The van der Waals surface area contributed by atoms with Gasteiger partial charge in [0.05, 0.1) is 6.42 Å². The lowest BCUT2D eigenvalue weighted by Crippen LogP contribution is -2.52. The van der Waals surface area contributed by atoms with Gasteiger partial charge in [-0.1, -0.05) is 54.1 Å². The van der Waals surface area contributed by atoms with E-state index in [4.69, 9.17) is 0 Å². The van der Waals surface area contributed by atoms with Crippen LogP contribution in [0.2, 0.25) is 0 Å². The molecule has 150 valence electrons. The van der Waals surface area contributed by atoms with Crippen molar-refractivity contribution in [3.05, 3.63) is 70.8 Å². The van der Waals surface area contributed by atoms with E-state index in [0.29, 0.717) is 6.54 Å². The predicted octanol–water partition coefficient (Wildman–Crippen LogP) is 4.18. The predicted molar refractivity (Wildman–Crippen MR) is 114 cm³/mol. The molecule has 2 amide bonds. The molecule has 0 fully saturated rings. The number of benzene rings is 2. The first-order valence-corrected chi connectivity index (χ1v) is 9.78. The number of amides is 2. The molecule has 0 spiro atoms. The summed E-state index contributed by atoms with van der Waals surface area (Å²) in [5, 5.41) is 2.99. The van der Waals surface area contributed by atoms with Crippen molar-refractivity contribution in [2.45, 2.75) is 66.1 Å². The van der Waals surface area contributed by atoms with Crippen molar-refractivity contribution in [1.29, 1.82) is 0 Å². The Balaban J connectivity index is 2.26. The van der Waals surface area contributed by atoms with E-state index in [2.05, 4.69) is 5.32 Å². The highest BCUT2D eigenvalue weighted by atomic mass is 16.2. The zero-order valence-corrected chi connectivity index (χ0v) is 17.9. The van der Waals surface area contributed by atoms with Crippen LogP contribution in [0.25, 0.3) is 0 Å². The van der Waals surface area contributed by atoms with Crippen molar-refractivity contribution in [1.82, 2.24) is 10.2 Å². The molecule has 4 nitrogen and oxygen atoms in total. The number of nitrogens with zero attached hydrogens (tertiary/aromatic N) is 1. The summed E-state index contributed by atoms with van der Waals surface area (Å²) in [5.74, 6) is -0.193. The highest BCUT2D eigenvalue weighted by Crippen LogP contribution is 2.16. The third-order valence-corrected chi connectivity index (χ3v) is 4.74. The monoisotopic (exact) mass is 380 g/mol. The number of carbonyl (C=O) groups is 2. The lowest BCUT2D eigenvalue weighted by atomic mass is 10.0. The van der Waals surface area contributed by atoms with Gasteiger partial charge in [0.25, 0.3) is 0 Å². The van der Waals surface area contributed by atoms with Crippen molar-refractivity contribution in [2.75, 3.05) is 0 Å². The number of hydrogen-bond donors (Lipinski definition) is 1. The first-order valence-electron chi connectivity index (χ1n) is 9.78. The van der Waals surface area contributed by atoms with Crippen molar-refractivity contribution < 1.29 is 9.59 Å². The maximum absolute atomic E-state index is 13.2. The zero-order chi connectivity index (χ0) is 20.9. The Morgan fingerprint density at radius 1 is 1.00 bits per heavy atom. The fraction of sp³-hybridized carbons (Fsp3) is 0.417. The number of rotatable bonds is 6. The van der Waals surface area contributed by atoms with Crippen LogP contribution in [0, 0.1) is 13.8 Å². The molecule has 1 atom stereocenters. The molecule has 4 heteroatoms. The van der Waals surface area contributed by atoms with E-state index in [1.165, 1.54) is 0 Å². The Morgan fingerprint density at radius 2 is 1.61 bits per heavy atom. The minimum absolute atomic E-state index is 0.0522. The minimum Gasteiger partial charge on any atom is -0.350 e. The van der Waals surface area contributed by atoms with Crippen LogP contribution in [-0.4, -0.2) is 28.3 Å². The fourth-order valence-corrected chi connectivity index (χ4v) is 3.01.